The van der Waals surface area contributed by atoms with Crippen molar-refractivity contribution in [3.63, 3.8) is 0 Å². The zero-order chi connectivity index (χ0) is 22.2. The van der Waals surface area contributed by atoms with Crippen molar-refractivity contribution in [1.29, 1.82) is 0 Å². The quantitative estimate of drug-likeness (QED) is 0.567. The summed E-state index contributed by atoms with van der Waals surface area (Å²) in [5.41, 5.74) is 1.64. The fraction of sp³-hybridized carbons (Fsp3) is 0.240. The number of amides is 1. The number of pyridine rings is 2. The molecule has 7 heteroatoms. The fourth-order valence-electron chi connectivity index (χ4n) is 3.62. The Balaban J connectivity index is 1.24. The Bertz CT molecular complexity index is 1050. The van der Waals surface area contributed by atoms with Crippen LogP contribution in [-0.2, 0) is 11.3 Å². The summed E-state index contributed by atoms with van der Waals surface area (Å²) in [6.07, 6.45) is 9.76. The van der Waals surface area contributed by atoms with Crippen molar-refractivity contribution in [2.24, 2.45) is 0 Å². The summed E-state index contributed by atoms with van der Waals surface area (Å²) >= 11 is 0. The van der Waals surface area contributed by atoms with Crippen LogP contribution in [0.4, 0.5) is 4.39 Å². The maximum Gasteiger partial charge on any atom is 0.244 e. The number of likely N-dealkylation sites (tertiary alicyclic amines) is 1. The second-order valence-electron chi connectivity index (χ2n) is 7.69. The minimum atomic E-state index is -0.503. The van der Waals surface area contributed by atoms with Crippen molar-refractivity contribution >= 4 is 12.0 Å². The smallest absolute Gasteiger partial charge is 0.244 e. The molecule has 2 aromatic heterocycles. The third-order valence-corrected chi connectivity index (χ3v) is 5.29. The van der Waals surface area contributed by atoms with Crippen LogP contribution in [0.15, 0.2) is 73.2 Å². The largest absolute Gasteiger partial charge is 0.453 e. The molecule has 0 radical (unpaired) electrons. The van der Waals surface area contributed by atoms with E-state index >= 15 is 0 Å². The number of ether oxygens (including phenoxy) is 1. The molecule has 1 saturated heterocycles. The van der Waals surface area contributed by atoms with Gasteiger partial charge in [-0.3, -0.25) is 19.7 Å². The first-order valence-electron chi connectivity index (χ1n) is 10.6. The lowest BCUT2D eigenvalue weighted by atomic mass is 10.0. The summed E-state index contributed by atoms with van der Waals surface area (Å²) < 4.78 is 19.8. The maximum absolute atomic E-state index is 14.3. The van der Waals surface area contributed by atoms with E-state index < -0.39 is 5.82 Å². The topological polar surface area (TPSA) is 67.3 Å². The Morgan fingerprint density at radius 2 is 2.03 bits per heavy atom. The molecule has 0 saturated carbocycles. The van der Waals surface area contributed by atoms with E-state index in [1.807, 2.05) is 24.4 Å². The van der Waals surface area contributed by atoms with Crippen LogP contribution in [0, 0.1) is 5.82 Å². The summed E-state index contributed by atoms with van der Waals surface area (Å²) in [5, 5.41) is 3.04. The standard InChI is InChI=1S/C25H25FN4O2/c26-23-16-19(6-8-24(23)32-22-5-3-12-27-17-22)7-9-25(31)29-20-10-14-30(15-11-20)18-21-4-1-2-13-28-21/h1-9,12-13,16-17,20H,10-11,14-15,18H2,(H,29,31)/b9-7+. The number of benzene rings is 1. The maximum atomic E-state index is 14.3. The number of hydrogen-bond donors (Lipinski definition) is 1. The number of rotatable bonds is 7. The van der Waals surface area contributed by atoms with Gasteiger partial charge in [0.05, 0.1) is 11.9 Å². The van der Waals surface area contributed by atoms with Gasteiger partial charge in [-0.2, -0.15) is 0 Å². The first kappa shape index (κ1) is 21.6. The van der Waals surface area contributed by atoms with Crippen molar-refractivity contribution in [3.8, 4) is 11.5 Å². The van der Waals surface area contributed by atoms with Crippen molar-refractivity contribution in [2.75, 3.05) is 13.1 Å². The molecule has 4 rings (SSSR count). The molecule has 164 valence electrons. The van der Waals surface area contributed by atoms with Crippen LogP contribution in [0.25, 0.3) is 6.08 Å². The van der Waals surface area contributed by atoms with Gasteiger partial charge in [0.15, 0.2) is 11.6 Å². The summed E-state index contributed by atoms with van der Waals surface area (Å²) in [5.74, 6) is -0.113. The number of carbonyl (C=O) groups excluding carboxylic acids is 1. The molecule has 3 aromatic rings. The minimum absolute atomic E-state index is 0.108. The number of halogens is 1. The molecule has 32 heavy (non-hydrogen) atoms. The van der Waals surface area contributed by atoms with Crippen LogP contribution in [0.5, 0.6) is 11.5 Å². The highest BCUT2D eigenvalue weighted by Crippen LogP contribution is 2.24. The molecule has 1 N–H and O–H groups in total. The molecule has 0 spiro atoms. The Morgan fingerprint density at radius 1 is 1.16 bits per heavy atom. The predicted octanol–water partition coefficient (Wildman–Crippen LogP) is 4.20. The SMILES string of the molecule is O=C(/C=C/c1ccc(Oc2cccnc2)c(F)c1)NC1CCN(Cc2ccccn2)CC1. The number of piperidine rings is 1. The molecule has 1 aromatic carbocycles. The lowest BCUT2D eigenvalue weighted by Gasteiger charge is -2.31. The molecule has 1 amide bonds. The van der Waals surface area contributed by atoms with Gasteiger partial charge >= 0.3 is 0 Å². The Hall–Kier alpha value is -3.58. The second kappa shape index (κ2) is 10.6. The third-order valence-electron chi connectivity index (χ3n) is 5.29. The Labute approximate surface area is 186 Å². The highest BCUT2D eigenvalue weighted by atomic mass is 19.1. The monoisotopic (exact) mass is 432 g/mol. The highest BCUT2D eigenvalue weighted by molar-refractivity contribution is 5.91. The Morgan fingerprint density at radius 3 is 2.75 bits per heavy atom. The van der Waals surface area contributed by atoms with Gasteiger partial charge in [-0.25, -0.2) is 4.39 Å². The van der Waals surface area contributed by atoms with E-state index in [-0.39, 0.29) is 17.7 Å². The summed E-state index contributed by atoms with van der Waals surface area (Å²) in [6, 6.07) is 14.1. The molecular formula is C25H25FN4O2. The molecule has 0 atom stereocenters. The molecule has 1 aliphatic rings. The lowest BCUT2D eigenvalue weighted by Crippen LogP contribution is -2.43. The molecule has 3 heterocycles. The van der Waals surface area contributed by atoms with E-state index in [9.17, 15) is 9.18 Å². The number of nitrogens with one attached hydrogen (secondary N) is 1. The lowest BCUT2D eigenvalue weighted by molar-refractivity contribution is -0.117. The van der Waals surface area contributed by atoms with Crippen molar-refractivity contribution in [3.05, 3.63) is 90.3 Å². The van der Waals surface area contributed by atoms with E-state index in [1.54, 1.807) is 30.5 Å². The molecule has 0 bridgehead atoms. The zero-order valence-electron chi connectivity index (χ0n) is 17.7. The third kappa shape index (κ3) is 6.21. The van der Waals surface area contributed by atoms with E-state index in [2.05, 4.69) is 20.2 Å². The van der Waals surface area contributed by atoms with Crippen LogP contribution >= 0.6 is 0 Å². The summed E-state index contributed by atoms with van der Waals surface area (Å²) in [4.78, 5) is 23.0. The van der Waals surface area contributed by atoms with Crippen LogP contribution < -0.4 is 10.1 Å². The molecule has 1 fully saturated rings. The van der Waals surface area contributed by atoms with Crippen molar-refractivity contribution in [1.82, 2.24) is 20.2 Å². The van der Waals surface area contributed by atoms with Gasteiger partial charge in [0.25, 0.3) is 0 Å². The van der Waals surface area contributed by atoms with E-state index in [0.717, 1.165) is 38.2 Å². The first-order valence-corrected chi connectivity index (χ1v) is 10.6. The molecular weight excluding hydrogens is 407 g/mol. The average molecular weight is 432 g/mol. The van der Waals surface area contributed by atoms with Crippen LogP contribution in [0.1, 0.15) is 24.1 Å². The average Bonchev–Trinajstić information content (AvgIpc) is 2.82. The van der Waals surface area contributed by atoms with Crippen LogP contribution in [0.3, 0.4) is 0 Å². The zero-order valence-corrected chi connectivity index (χ0v) is 17.7. The number of nitrogens with zero attached hydrogens (tertiary/aromatic N) is 3. The van der Waals surface area contributed by atoms with E-state index in [0.29, 0.717) is 11.3 Å². The van der Waals surface area contributed by atoms with Gasteiger partial charge in [0, 0.05) is 44.1 Å². The first-order chi connectivity index (χ1) is 15.7. The van der Waals surface area contributed by atoms with Gasteiger partial charge in [-0.1, -0.05) is 12.1 Å². The fourth-order valence-corrected chi connectivity index (χ4v) is 3.62. The Kier molecular flexibility index (Phi) is 7.19. The number of aromatic nitrogens is 2. The normalized spacial score (nSPS) is 15.0. The molecule has 1 aliphatic heterocycles. The van der Waals surface area contributed by atoms with Crippen LogP contribution in [0.2, 0.25) is 0 Å². The van der Waals surface area contributed by atoms with Crippen molar-refractivity contribution in [2.45, 2.75) is 25.4 Å². The number of carbonyl (C=O) groups is 1. The van der Waals surface area contributed by atoms with Gasteiger partial charge in [0.2, 0.25) is 5.91 Å². The highest BCUT2D eigenvalue weighted by Gasteiger charge is 2.20. The summed E-state index contributed by atoms with van der Waals surface area (Å²) in [7, 11) is 0. The van der Waals surface area contributed by atoms with Gasteiger partial charge < -0.3 is 10.1 Å². The van der Waals surface area contributed by atoms with Gasteiger partial charge in [0.1, 0.15) is 5.75 Å². The molecule has 0 unspecified atom stereocenters. The van der Waals surface area contributed by atoms with Gasteiger partial charge in [-0.15, -0.1) is 0 Å². The molecule has 0 aliphatic carbocycles. The minimum Gasteiger partial charge on any atom is -0.453 e. The molecule has 6 nitrogen and oxygen atoms in total. The second-order valence-corrected chi connectivity index (χ2v) is 7.69. The van der Waals surface area contributed by atoms with Crippen molar-refractivity contribution < 1.29 is 13.9 Å². The number of hydrogen-bond acceptors (Lipinski definition) is 5. The summed E-state index contributed by atoms with van der Waals surface area (Å²) in [6.45, 7) is 2.65. The predicted molar refractivity (Wildman–Crippen MR) is 120 cm³/mol. The van der Waals surface area contributed by atoms with E-state index in [1.165, 1.54) is 24.4 Å². The van der Waals surface area contributed by atoms with Gasteiger partial charge in [-0.05, 0) is 60.9 Å². The van der Waals surface area contributed by atoms with Crippen LogP contribution in [-0.4, -0.2) is 39.9 Å². The van der Waals surface area contributed by atoms with E-state index in [4.69, 9.17) is 4.74 Å².